The van der Waals surface area contributed by atoms with Crippen molar-refractivity contribution in [2.75, 3.05) is 13.6 Å². The first kappa shape index (κ1) is 9.22. The molecular weight excluding hydrogens is 154 g/mol. The van der Waals surface area contributed by atoms with Crippen LogP contribution >= 0.6 is 0 Å². The molecule has 1 heterocycles. The van der Waals surface area contributed by atoms with Gasteiger partial charge in [0.05, 0.1) is 6.10 Å². The Morgan fingerprint density at radius 1 is 1.67 bits per heavy atom. The van der Waals surface area contributed by atoms with Gasteiger partial charge in [0, 0.05) is 25.5 Å². The molecule has 68 valence electrons. The van der Waals surface area contributed by atoms with E-state index in [4.69, 9.17) is 0 Å². The van der Waals surface area contributed by atoms with Gasteiger partial charge in [-0.3, -0.25) is 4.68 Å². The highest BCUT2D eigenvalue weighted by molar-refractivity contribution is 4.77. The van der Waals surface area contributed by atoms with Gasteiger partial charge in [0.25, 0.3) is 0 Å². The monoisotopic (exact) mass is 169 g/mol. The molecule has 0 aliphatic rings. The summed E-state index contributed by atoms with van der Waals surface area (Å²) in [4.78, 5) is 0. The minimum absolute atomic E-state index is 0.279. The number of aliphatic hydroxyl groups is 1. The summed E-state index contributed by atoms with van der Waals surface area (Å²) in [5, 5.41) is 16.3. The van der Waals surface area contributed by atoms with Gasteiger partial charge in [-0.25, -0.2) is 0 Å². The van der Waals surface area contributed by atoms with Gasteiger partial charge >= 0.3 is 0 Å². The van der Waals surface area contributed by atoms with Crippen LogP contribution in [0.15, 0.2) is 18.5 Å². The molecule has 4 heteroatoms. The topological polar surface area (TPSA) is 50.1 Å². The average Bonchev–Trinajstić information content (AvgIpc) is 2.53. The predicted molar refractivity (Wildman–Crippen MR) is 46.8 cm³/mol. The largest absolute Gasteiger partial charge is 0.392 e. The standard InChI is InChI=1S/C8H15N3O/c1-9-7-8(12)3-6-11-5-2-4-10-11/h2,4-5,8-9,12H,3,6-7H2,1H3. The molecule has 1 rings (SSSR count). The Bertz CT molecular complexity index is 198. The van der Waals surface area contributed by atoms with Gasteiger partial charge in [-0.1, -0.05) is 0 Å². The molecule has 12 heavy (non-hydrogen) atoms. The molecule has 0 aliphatic heterocycles. The fourth-order valence-corrected chi connectivity index (χ4v) is 1.05. The zero-order chi connectivity index (χ0) is 8.81. The maximum atomic E-state index is 9.34. The van der Waals surface area contributed by atoms with Gasteiger partial charge in [0.2, 0.25) is 0 Å². The summed E-state index contributed by atoms with van der Waals surface area (Å²) in [6, 6.07) is 1.88. The Labute approximate surface area is 72.2 Å². The van der Waals surface area contributed by atoms with E-state index in [1.54, 1.807) is 6.20 Å². The molecule has 1 unspecified atom stereocenters. The summed E-state index contributed by atoms with van der Waals surface area (Å²) < 4.78 is 1.82. The normalized spacial score (nSPS) is 13.2. The van der Waals surface area contributed by atoms with Crippen LogP contribution in [0.1, 0.15) is 6.42 Å². The van der Waals surface area contributed by atoms with Crippen molar-refractivity contribution in [3.8, 4) is 0 Å². The second-order valence-electron chi connectivity index (χ2n) is 2.77. The number of rotatable bonds is 5. The van der Waals surface area contributed by atoms with Crippen LogP contribution in [-0.2, 0) is 6.54 Å². The summed E-state index contributed by atoms with van der Waals surface area (Å²) in [6.07, 6.45) is 4.10. The minimum atomic E-state index is -0.279. The second-order valence-corrected chi connectivity index (χ2v) is 2.77. The van der Waals surface area contributed by atoms with Crippen LogP contribution in [0.25, 0.3) is 0 Å². The molecule has 4 nitrogen and oxygen atoms in total. The van der Waals surface area contributed by atoms with E-state index in [-0.39, 0.29) is 6.10 Å². The first-order valence-electron chi connectivity index (χ1n) is 4.13. The predicted octanol–water partition coefficient (Wildman–Crippen LogP) is -0.147. The molecule has 1 atom stereocenters. The van der Waals surface area contributed by atoms with Crippen LogP contribution in [0, 0.1) is 0 Å². The molecule has 0 fully saturated rings. The van der Waals surface area contributed by atoms with Crippen molar-refractivity contribution in [1.29, 1.82) is 0 Å². The number of aryl methyl sites for hydroxylation is 1. The summed E-state index contributed by atoms with van der Waals surface area (Å²) in [6.45, 7) is 1.41. The zero-order valence-electron chi connectivity index (χ0n) is 7.27. The lowest BCUT2D eigenvalue weighted by atomic mass is 10.2. The Morgan fingerprint density at radius 2 is 2.50 bits per heavy atom. The Balaban J connectivity index is 2.17. The van der Waals surface area contributed by atoms with Crippen molar-refractivity contribution in [1.82, 2.24) is 15.1 Å². The van der Waals surface area contributed by atoms with Crippen molar-refractivity contribution in [3.05, 3.63) is 18.5 Å². The number of aliphatic hydroxyl groups excluding tert-OH is 1. The fraction of sp³-hybridized carbons (Fsp3) is 0.625. The zero-order valence-corrected chi connectivity index (χ0v) is 7.27. The Kier molecular flexibility index (Phi) is 3.76. The smallest absolute Gasteiger partial charge is 0.0682 e. The van der Waals surface area contributed by atoms with Crippen molar-refractivity contribution in [2.24, 2.45) is 0 Å². The molecule has 2 N–H and O–H groups in total. The van der Waals surface area contributed by atoms with Crippen molar-refractivity contribution in [3.63, 3.8) is 0 Å². The second kappa shape index (κ2) is 4.90. The van der Waals surface area contributed by atoms with Crippen LogP contribution < -0.4 is 5.32 Å². The number of nitrogens with one attached hydrogen (secondary N) is 1. The van der Waals surface area contributed by atoms with Gasteiger partial charge in [-0.05, 0) is 19.5 Å². The van der Waals surface area contributed by atoms with Gasteiger partial charge in [0.15, 0.2) is 0 Å². The van der Waals surface area contributed by atoms with E-state index in [1.165, 1.54) is 0 Å². The lowest BCUT2D eigenvalue weighted by Gasteiger charge is -2.08. The number of hydrogen-bond acceptors (Lipinski definition) is 3. The number of aromatic nitrogens is 2. The van der Waals surface area contributed by atoms with E-state index in [0.717, 1.165) is 13.0 Å². The third kappa shape index (κ3) is 3.02. The number of likely N-dealkylation sites (N-methyl/N-ethyl adjacent to an activating group) is 1. The Hall–Kier alpha value is -0.870. The lowest BCUT2D eigenvalue weighted by Crippen LogP contribution is -2.24. The lowest BCUT2D eigenvalue weighted by molar-refractivity contribution is 0.157. The highest BCUT2D eigenvalue weighted by Crippen LogP contribution is 1.94. The first-order valence-corrected chi connectivity index (χ1v) is 4.13. The molecule has 0 saturated carbocycles. The summed E-state index contributed by atoms with van der Waals surface area (Å²) in [7, 11) is 1.83. The van der Waals surface area contributed by atoms with E-state index in [1.807, 2.05) is 24.0 Å². The van der Waals surface area contributed by atoms with E-state index in [0.29, 0.717) is 6.54 Å². The molecule has 0 radical (unpaired) electrons. The maximum absolute atomic E-state index is 9.34. The van der Waals surface area contributed by atoms with Gasteiger partial charge in [-0.15, -0.1) is 0 Å². The summed E-state index contributed by atoms with van der Waals surface area (Å²) in [5.41, 5.74) is 0. The summed E-state index contributed by atoms with van der Waals surface area (Å²) >= 11 is 0. The van der Waals surface area contributed by atoms with E-state index < -0.39 is 0 Å². The van der Waals surface area contributed by atoms with Crippen LogP contribution in [0.3, 0.4) is 0 Å². The van der Waals surface area contributed by atoms with E-state index in [2.05, 4.69) is 10.4 Å². The molecule has 1 aromatic heterocycles. The SMILES string of the molecule is CNCC(O)CCn1cccn1. The molecular formula is C8H15N3O. The van der Waals surface area contributed by atoms with Crippen molar-refractivity contribution < 1.29 is 5.11 Å². The van der Waals surface area contributed by atoms with Crippen LogP contribution in [0.4, 0.5) is 0 Å². The molecule has 0 aromatic carbocycles. The van der Waals surface area contributed by atoms with Crippen LogP contribution in [-0.4, -0.2) is 34.6 Å². The Morgan fingerprint density at radius 3 is 3.08 bits per heavy atom. The van der Waals surface area contributed by atoms with Crippen LogP contribution in [0.5, 0.6) is 0 Å². The molecule has 0 saturated heterocycles. The van der Waals surface area contributed by atoms with Gasteiger partial charge in [-0.2, -0.15) is 5.10 Å². The average molecular weight is 169 g/mol. The van der Waals surface area contributed by atoms with Gasteiger partial charge in [0.1, 0.15) is 0 Å². The molecule has 0 bridgehead atoms. The number of hydrogen-bond donors (Lipinski definition) is 2. The fourth-order valence-electron chi connectivity index (χ4n) is 1.05. The van der Waals surface area contributed by atoms with E-state index >= 15 is 0 Å². The van der Waals surface area contributed by atoms with Crippen molar-refractivity contribution >= 4 is 0 Å². The first-order chi connectivity index (χ1) is 5.83. The number of nitrogens with zero attached hydrogens (tertiary/aromatic N) is 2. The van der Waals surface area contributed by atoms with Crippen LogP contribution in [0.2, 0.25) is 0 Å². The van der Waals surface area contributed by atoms with E-state index in [9.17, 15) is 5.11 Å². The molecule has 0 spiro atoms. The highest BCUT2D eigenvalue weighted by Gasteiger charge is 2.01. The van der Waals surface area contributed by atoms with Crippen molar-refractivity contribution in [2.45, 2.75) is 19.1 Å². The summed E-state index contributed by atoms with van der Waals surface area (Å²) in [5.74, 6) is 0. The quantitative estimate of drug-likeness (QED) is 0.644. The highest BCUT2D eigenvalue weighted by atomic mass is 16.3. The minimum Gasteiger partial charge on any atom is -0.392 e. The third-order valence-corrected chi connectivity index (χ3v) is 1.69. The maximum Gasteiger partial charge on any atom is 0.0682 e. The van der Waals surface area contributed by atoms with Gasteiger partial charge < -0.3 is 10.4 Å². The molecule has 0 aliphatic carbocycles. The third-order valence-electron chi connectivity index (χ3n) is 1.69. The molecule has 1 aromatic rings. The molecule has 0 amide bonds.